The Morgan fingerprint density at radius 3 is 2.68 bits per heavy atom. The van der Waals surface area contributed by atoms with Crippen LogP contribution in [0.3, 0.4) is 0 Å². The summed E-state index contributed by atoms with van der Waals surface area (Å²) in [6, 6.07) is 8.25. The van der Waals surface area contributed by atoms with Crippen molar-refractivity contribution >= 4 is 25.8 Å². The summed E-state index contributed by atoms with van der Waals surface area (Å²) < 4.78 is 13.6. The monoisotopic (exact) mass is 526 g/mol. The van der Waals surface area contributed by atoms with Crippen LogP contribution in [0.5, 0.6) is 0 Å². The Labute approximate surface area is 221 Å². The van der Waals surface area contributed by atoms with Gasteiger partial charge in [0.1, 0.15) is 18.2 Å². The number of para-hydroxylation sites is 1. The Balaban J connectivity index is 2.02. The molecular weight excluding hydrogens is 484 g/mol. The number of hydrogen-bond donors (Lipinski definition) is 2. The third kappa shape index (κ3) is 9.16. The molecule has 0 saturated carbocycles. The van der Waals surface area contributed by atoms with Gasteiger partial charge in [-0.05, 0) is 45.2 Å². The molecular formula is C28H42N4O4Si. The van der Waals surface area contributed by atoms with Crippen LogP contribution in [0.4, 0.5) is 10.5 Å². The van der Waals surface area contributed by atoms with Crippen molar-refractivity contribution in [2.75, 3.05) is 11.9 Å². The fourth-order valence-corrected chi connectivity index (χ4v) is 4.74. The lowest BCUT2D eigenvalue weighted by atomic mass is 10.0. The third-order valence-corrected chi connectivity index (χ3v) is 7.56. The van der Waals surface area contributed by atoms with Crippen LogP contribution < -0.4 is 10.6 Å². The summed E-state index contributed by atoms with van der Waals surface area (Å²) >= 11 is 0. The maximum atomic E-state index is 12.8. The van der Waals surface area contributed by atoms with Crippen LogP contribution in [0, 0.1) is 5.92 Å². The van der Waals surface area contributed by atoms with E-state index in [0.29, 0.717) is 43.4 Å². The van der Waals surface area contributed by atoms with E-state index in [1.165, 1.54) is 0 Å². The number of nitrogens with zero attached hydrogens (tertiary/aromatic N) is 2. The molecule has 2 unspecified atom stereocenters. The molecule has 1 aliphatic heterocycles. The number of allylic oxidation sites excluding steroid dienone is 1. The predicted octanol–water partition coefficient (Wildman–Crippen LogP) is 6.35. The number of rotatable bonds is 6. The summed E-state index contributed by atoms with van der Waals surface area (Å²) in [5.74, 6) is 0.655. The number of ether oxygens (including phenoxy) is 2. The number of alkyl carbamates (subject to hydrolysis) is 1. The van der Waals surface area contributed by atoms with Crippen LogP contribution in [0.1, 0.15) is 52.4 Å². The number of benzene rings is 1. The van der Waals surface area contributed by atoms with Gasteiger partial charge < -0.3 is 24.7 Å². The molecule has 1 aliphatic rings. The number of anilines is 1. The number of imidazole rings is 1. The minimum atomic E-state index is -1.24. The first-order chi connectivity index (χ1) is 17.3. The van der Waals surface area contributed by atoms with Crippen molar-refractivity contribution in [3.05, 3.63) is 48.4 Å². The van der Waals surface area contributed by atoms with E-state index in [0.717, 1.165) is 11.6 Å². The topological polar surface area (TPSA) is 94.5 Å². The first-order valence-electron chi connectivity index (χ1n) is 13.0. The second-order valence-electron chi connectivity index (χ2n) is 11.9. The predicted molar refractivity (Wildman–Crippen MR) is 150 cm³/mol. The number of amides is 2. The van der Waals surface area contributed by atoms with Gasteiger partial charge in [0.05, 0.1) is 17.4 Å². The van der Waals surface area contributed by atoms with Gasteiger partial charge >= 0.3 is 6.09 Å². The highest BCUT2D eigenvalue weighted by atomic mass is 28.3. The van der Waals surface area contributed by atoms with Crippen molar-refractivity contribution in [3.63, 3.8) is 0 Å². The normalized spacial score (nSPS) is 19.5. The van der Waals surface area contributed by atoms with Crippen molar-refractivity contribution in [2.24, 2.45) is 5.92 Å². The van der Waals surface area contributed by atoms with Crippen LogP contribution in [-0.2, 0) is 21.0 Å². The molecule has 202 valence electrons. The van der Waals surface area contributed by atoms with E-state index in [1.54, 1.807) is 0 Å². The molecule has 2 aromatic rings. The zero-order valence-corrected chi connectivity index (χ0v) is 24.3. The summed E-state index contributed by atoms with van der Waals surface area (Å²) in [7, 11) is -1.24. The van der Waals surface area contributed by atoms with Gasteiger partial charge in [-0.2, -0.15) is 0 Å². The number of fused-ring (bicyclic) bond motifs is 4. The molecule has 0 spiro atoms. The number of nitrogens with one attached hydrogen (secondary N) is 2. The number of carbonyl (C=O) groups is 2. The lowest BCUT2D eigenvalue weighted by Gasteiger charge is -2.23. The molecule has 3 rings (SSSR count). The molecule has 2 heterocycles. The summed E-state index contributed by atoms with van der Waals surface area (Å²) in [5.41, 5.74) is 1.60. The van der Waals surface area contributed by atoms with Crippen LogP contribution in [-0.4, -0.2) is 41.8 Å². The second kappa shape index (κ2) is 12.1. The lowest BCUT2D eigenvalue weighted by Crippen LogP contribution is -2.36. The first-order valence-corrected chi connectivity index (χ1v) is 16.7. The summed E-state index contributed by atoms with van der Waals surface area (Å²) in [4.78, 5) is 30.5. The zero-order chi connectivity index (χ0) is 27.2. The van der Waals surface area contributed by atoms with Crippen molar-refractivity contribution < 1.29 is 19.1 Å². The number of carbonyl (C=O) groups excluding carboxylic acids is 2. The summed E-state index contributed by atoms with van der Waals surface area (Å²) in [6.45, 7) is 15.5. The van der Waals surface area contributed by atoms with Crippen molar-refractivity contribution in [2.45, 2.75) is 84.6 Å². The van der Waals surface area contributed by atoms with Crippen LogP contribution in [0.2, 0.25) is 25.7 Å². The van der Waals surface area contributed by atoms with E-state index < -0.39 is 25.8 Å². The smallest absolute Gasteiger partial charge is 0.408 e. The number of hydrogen-bond acceptors (Lipinski definition) is 5. The summed E-state index contributed by atoms with van der Waals surface area (Å²) in [6.07, 6.45) is 6.28. The maximum Gasteiger partial charge on any atom is 0.408 e. The van der Waals surface area contributed by atoms with Crippen molar-refractivity contribution in [1.82, 2.24) is 14.9 Å². The van der Waals surface area contributed by atoms with E-state index in [4.69, 9.17) is 14.5 Å². The molecule has 2 bridgehead atoms. The fourth-order valence-electron chi connectivity index (χ4n) is 3.99. The van der Waals surface area contributed by atoms with Crippen LogP contribution in [0.15, 0.2) is 42.6 Å². The molecule has 9 heteroatoms. The van der Waals surface area contributed by atoms with Gasteiger partial charge in [0.2, 0.25) is 5.91 Å². The van der Waals surface area contributed by atoms with Gasteiger partial charge in [0.25, 0.3) is 0 Å². The van der Waals surface area contributed by atoms with Gasteiger partial charge in [-0.1, -0.05) is 56.9 Å². The highest BCUT2D eigenvalue weighted by Crippen LogP contribution is 2.30. The molecule has 0 aliphatic carbocycles. The minimum Gasteiger partial charge on any atom is -0.444 e. The molecule has 37 heavy (non-hydrogen) atoms. The Kier molecular flexibility index (Phi) is 9.36. The largest absolute Gasteiger partial charge is 0.444 e. The van der Waals surface area contributed by atoms with E-state index >= 15 is 0 Å². The first kappa shape index (κ1) is 28.7. The van der Waals surface area contributed by atoms with Crippen molar-refractivity contribution in [3.8, 4) is 11.3 Å². The lowest BCUT2D eigenvalue weighted by molar-refractivity contribution is -0.116. The van der Waals surface area contributed by atoms with Gasteiger partial charge in [-0.25, -0.2) is 9.78 Å². The van der Waals surface area contributed by atoms with E-state index in [2.05, 4.69) is 30.3 Å². The average Bonchev–Trinajstić information content (AvgIpc) is 3.18. The Morgan fingerprint density at radius 2 is 1.97 bits per heavy atom. The highest BCUT2D eigenvalue weighted by molar-refractivity contribution is 6.76. The Hall–Kier alpha value is -2.91. The molecule has 2 N–H and O–H groups in total. The van der Waals surface area contributed by atoms with Crippen molar-refractivity contribution in [1.29, 1.82) is 0 Å². The van der Waals surface area contributed by atoms with E-state index in [-0.39, 0.29) is 11.8 Å². The molecule has 0 fully saturated rings. The second-order valence-corrected chi connectivity index (χ2v) is 17.6. The maximum absolute atomic E-state index is 12.8. The highest BCUT2D eigenvalue weighted by Gasteiger charge is 2.25. The molecule has 1 aromatic heterocycles. The van der Waals surface area contributed by atoms with E-state index in [9.17, 15) is 9.59 Å². The van der Waals surface area contributed by atoms with Crippen LogP contribution in [0.25, 0.3) is 11.3 Å². The fraction of sp³-hybridized carbons (Fsp3) is 0.536. The third-order valence-electron chi connectivity index (χ3n) is 5.86. The quantitative estimate of drug-likeness (QED) is 0.260. The summed E-state index contributed by atoms with van der Waals surface area (Å²) in [5, 5.41) is 6.06. The molecule has 2 atom stereocenters. The average molecular weight is 527 g/mol. The molecule has 0 saturated heterocycles. The van der Waals surface area contributed by atoms with Gasteiger partial charge in [0.15, 0.2) is 0 Å². The minimum absolute atomic E-state index is 0.0365. The standard InChI is InChI=1S/C28H42N4O4Si/c1-20-11-10-14-23(31-27(34)36-28(2,3)4)26-30-24(18-32(26)19-35-15-16-37(5,6)7)21-12-8-9-13-22(21)29-25(33)17-20/h8-13,18,20,23H,14-17,19H2,1-7H3,(H,29,33)(H,31,34)/b11-10-. The molecule has 1 aromatic carbocycles. The SMILES string of the molecule is CC1/C=C\CC(NC(=O)OC(C)(C)C)c2nc(cn2COCC[Si](C)(C)C)-c2ccccc2NC(=O)C1. The molecule has 2 amide bonds. The Bertz CT molecular complexity index is 1110. The zero-order valence-electron chi connectivity index (χ0n) is 23.3. The Morgan fingerprint density at radius 1 is 1.24 bits per heavy atom. The van der Waals surface area contributed by atoms with Gasteiger partial charge in [-0.15, -0.1) is 0 Å². The molecule has 0 radical (unpaired) electrons. The van der Waals surface area contributed by atoms with Crippen LogP contribution >= 0.6 is 0 Å². The van der Waals surface area contributed by atoms with Gasteiger partial charge in [0, 0.05) is 32.9 Å². The van der Waals surface area contributed by atoms with E-state index in [1.807, 2.05) is 74.9 Å². The number of aromatic nitrogens is 2. The molecule has 8 nitrogen and oxygen atoms in total. The van der Waals surface area contributed by atoms with Gasteiger partial charge in [-0.3, -0.25) is 4.79 Å².